The van der Waals surface area contributed by atoms with E-state index in [1.807, 2.05) is 0 Å². The highest BCUT2D eigenvalue weighted by Gasteiger charge is 2.20. The van der Waals surface area contributed by atoms with Crippen LogP contribution in [0.25, 0.3) is 11.3 Å². The molecule has 1 heterocycles. The van der Waals surface area contributed by atoms with Gasteiger partial charge in [0.25, 0.3) is 5.56 Å². The summed E-state index contributed by atoms with van der Waals surface area (Å²) < 4.78 is 27.4. The number of aromatic amines is 1. The van der Waals surface area contributed by atoms with Crippen LogP contribution in [0.3, 0.4) is 0 Å². The van der Waals surface area contributed by atoms with Crippen LogP contribution in [0.15, 0.2) is 29.3 Å². The minimum Gasteiger partial charge on any atom is -0.313 e. The molecule has 1 aromatic carbocycles. The Morgan fingerprint density at radius 1 is 1.22 bits per heavy atom. The summed E-state index contributed by atoms with van der Waals surface area (Å²) in [6.45, 7) is 3.54. The van der Waals surface area contributed by atoms with E-state index in [1.165, 1.54) is 6.07 Å². The monoisotopic (exact) mass is 250 g/mol. The van der Waals surface area contributed by atoms with Crippen LogP contribution in [-0.4, -0.2) is 9.97 Å². The van der Waals surface area contributed by atoms with Gasteiger partial charge in [-0.2, -0.15) is 0 Å². The zero-order chi connectivity index (χ0) is 13.3. The molecule has 18 heavy (non-hydrogen) atoms. The number of hydrogen-bond acceptors (Lipinski definition) is 2. The predicted molar refractivity (Wildman–Crippen MR) is 64.3 cm³/mol. The molecule has 2 rings (SSSR count). The number of benzene rings is 1. The third kappa shape index (κ3) is 2.03. The standard InChI is InChI=1S/C13H12F2N2O/c1-7(2)10-12(16-6-17-13(10)18)11-8(14)4-3-5-9(11)15/h3-7H,1-2H3,(H,16,17,18). The zero-order valence-electron chi connectivity index (χ0n) is 10.00. The van der Waals surface area contributed by atoms with Gasteiger partial charge in [0, 0.05) is 5.56 Å². The van der Waals surface area contributed by atoms with Gasteiger partial charge in [0.15, 0.2) is 0 Å². The molecule has 94 valence electrons. The quantitative estimate of drug-likeness (QED) is 0.890. The third-order valence-corrected chi connectivity index (χ3v) is 2.67. The molecule has 0 radical (unpaired) electrons. The SMILES string of the molecule is CC(C)c1c(-c2c(F)cccc2F)nc[nH]c1=O. The highest BCUT2D eigenvalue weighted by Crippen LogP contribution is 2.28. The van der Waals surface area contributed by atoms with E-state index in [9.17, 15) is 13.6 Å². The van der Waals surface area contributed by atoms with Gasteiger partial charge in [-0.05, 0) is 18.1 Å². The Morgan fingerprint density at radius 3 is 2.39 bits per heavy atom. The maximum Gasteiger partial charge on any atom is 0.254 e. The van der Waals surface area contributed by atoms with Gasteiger partial charge in [-0.1, -0.05) is 19.9 Å². The molecule has 3 nitrogen and oxygen atoms in total. The molecule has 0 unspecified atom stereocenters. The van der Waals surface area contributed by atoms with Gasteiger partial charge in [-0.15, -0.1) is 0 Å². The average molecular weight is 250 g/mol. The maximum atomic E-state index is 13.7. The summed E-state index contributed by atoms with van der Waals surface area (Å²) in [4.78, 5) is 18.1. The summed E-state index contributed by atoms with van der Waals surface area (Å²) in [5.74, 6) is -1.64. The molecule has 2 aromatic rings. The molecular weight excluding hydrogens is 238 g/mol. The van der Waals surface area contributed by atoms with Crippen molar-refractivity contribution in [2.75, 3.05) is 0 Å². The maximum absolute atomic E-state index is 13.7. The van der Waals surface area contributed by atoms with Crippen molar-refractivity contribution in [1.29, 1.82) is 0 Å². The summed E-state index contributed by atoms with van der Waals surface area (Å²) in [5.41, 5.74) is -0.296. The lowest BCUT2D eigenvalue weighted by molar-refractivity contribution is 0.587. The Hall–Kier alpha value is -2.04. The first-order chi connectivity index (χ1) is 8.52. The van der Waals surface area contributed by atoms with Gasteiger partial charge >= 0.3 is 0 Å². The van der Waals surface area contributed by atoms with Crippen molar-refractivity contribution in [1.82, 2.24) is 9.97 Å². The van der Waals surface area contributed by atoms with Gasteiger partial charge in [0.05, 0.1) is 17.6 Å². The number of nitrogens with one attached hydrogen (secondary N) is 1. The van der Waals surface area contributed by atoms with Crippen molar-refractivity contribution in [3.63, 3.8) is 0 Å². The van der Waals surface area contributed by atoms with Gasteiger partial charge in [0.1, 0.15) is 11.6 Å². The number of H-pyrrole nitrogens is 1. The van der Waals surface area contributed by atoms with Crippen molar-refractivity contribution in [3.05, 3.63) is 52.1 Å². The molecule has 0 spiro atoms. The lowest BCUT2D eigenvalue weighted by Crippen LogP contribution is -2.17. The van der Waals surface area contributed by atoms with Crippen LogP contribution in [0.5, 0.6) is 0 Å². The van der Waals surface area contributed by atoms with Crippen molar-refractivity contribution in [2.24, 2.45) is 0 Å². The molecule has 0 amide bonds. The van der Waals surface area contributed by atoms with E-state index in [0.29, 0.717) is 0 Å². The predicted octanol–water partition coefficient (Wildman–Crippen LogP) is 2.84. The molecule has 5 heteroatoms. The third-order valence-electron chi connectivity index (χ3n) is 2.67. The van der Waals surface area contributed by atoms with E-state index in [2.05, 4.69) is 9.97 Å². The molecule has 0 fully saturated rings. The summed E-state index contributed by atoms with van der Waals surface area (Å²) in [6.07, 6.45) is 1.15. The van der Waals surface area contributed by atoms with E-state index in [4.69, 9.17) is 0 Å². The smallest absolute Gasteiger partial charge is 0.254 e. The van der Waals surface area contributed by atoms with Gasteiger partial charge in [-0.25, -0.2) is 13.8 Å². The van der Waals surface area contributed by atoms with Crippen LogP contribution < -0.4 is 5.56 Å². The summed E-state index contributed by atoms with van der Waals surface area (Å²) in [6, 6.07) is 3.56. The lowest BCUT2D eigenvalue weighted by Gasteiger charge is -2.11. The Morgan fingerprint density at radius 2 is 1.83 bits per heavy atom. The highest BCUT2D eigenvalue weighted by molar-refractivity contribution is 5.64. The first-order valence-electron chi connectivity index (χ1n) is 5.54. The van der Waals surface area contributed by atoms with Crippen molar-refractivity contribution < 1.29 is 8.78 Å². The summed E-state index contributed by atoms with van der Waals surface area (Å²) in [7, 11) is 0. The van der Waals surface area contributed by atoms with Crippen molar-refractivity contribution in [3.8, 4) is 11.3 Å². The van der Waals surface area contributed by atoms with Crippen molar-refractivity contribution >= 4 is 0 Å². The fraction of sp³-hybridized carbons (Fsp3) is 0.231. The zero-order valence-corrected chi connectivity index (χ0v) is 10.00. The van der Waals surface area contributed by atoms with Gasteiger partial charge in [-0.3, -0.25) is 4.79 Å². The van der Waals surface area contributed by atoms with Crippen LogP contribution in [0.1, 0.15) is 25.3 Å². The fourth-order valence-electron chi connectivity index (χ4n) is 1.87. The number of halogens is 2. The second-order valence-electron chi connectivity index (χ2n) is 4.25. The molecule has 0 aliphatic heterocycles. The Bertz CT molecular complexity index is 615. The van der Waals surface area contributed by atoms with Crippen LogP contribution in [0.2, 0.25) is 0 Å². The highest BCUT2D eigenvalue weighted by atomic mass is 19.1. The first-order valence-corrected chi connectivity index (χ1v) is 5.54. The molecule has 1 N–H and O–H groups in total. The van der Waals surface area contributed by atoms with E-state index < -0.39 is 11.6 Å². The summed E-state index contributed by atoms with van der Waals surface area (Å²) in [5, 5.41) is 0. The summed E-state index contributed by atoms with van der Waals surface area (Å²) >= 11 is 0. The van der Waals surface area contributed by atoms with Crippen LogP contribution >= 0.6 is 0 Å². The molecule has 0 aliphatic carbocycles. The number of hydrogen-bond donors (Lipinski definition) is 1. The normalized spacial score (nSPS) is 10.9. The fourth-order valence-corrected chi connectivity index (χ4v) is 1.87. The second-order valence-corrected chi connectivity index (χ2v) is 4.25. The van der Waals surface area contributed by atoms with E-state index in [-0.39, 0.29) is 28.3 Å². The molecule has 1 aromatic heterocycles. The largest absolute Gasteiger partial charge is 0.313 e. The molecule has 0 saturated carbocycles. The molecule has 0 atom stereocenters. The topological polar surface area (TPSA) is 45.8 Å². The number of aromatic nitrogens is 2. The van der Waals surface area contributed by atoms with Gasteiger partial charge < -0.3 is 4.98 Å². The molecular formula is C13H12F2N2O. The molecule has 0 saturated heterocycles. The molecule has 0 aliphatic rings. The van der Waals surface area contributed by atoms with E-state index in [0.717, 1.165) is 18.5 Å². The number of nitrogens with zero attached hydrogens (tertiary/aromatic N) is 1. The second kappa shape index (κ2) is 4.68. The average Bonchev–Trinajstić information content (AvgIpc) is 2.28. The minimum absolute atomic E-state index is 0.0596. The van der Waals surface area contributed by atoms with Crippen LogP contribution in [-0.2, 0) is 0 Å². The lowest BCUT2D eigenvalue weighted by atomic mass is 9.98. The van der Waals surface area contributed by atoms with Crippen LogP contribution in [0.4, 0.5) is 8.78 Å². The minimum atomic E-state index is -0.727. The Kier molecular flexibility index (Phi) is 3.23. The number of rotatable bonds is 2. The first kappa shape index (κ1) is 12.4. The van der Waals surface area contributed by atoms with E-state index in [1.54, 1.807) is 13.8 Å². The van der Waals surface area contributed by atoms with Crippen LogP contribution in [0, 0.1) is 11.6 Å². The molecule has 0 bridgehead atoms. The van der Waals surface area contributed by atoms with Gasteiger partial charge in [0.2, 0.25) is 0 Å². The van der Waals surface area contributed by atoms with E-state index >= 15 is 0 Å². The Balaban J connectivity index is 2.80. The van der Waals surface area contributed by atoms with Crippen molar-refractivity contribution in [2.45, 2.75) is 19.8 Å². The Labute approximate surface area is 103 Å².